The molecule has 0 fully saturated rings. The summed E-state index contributed by atoms with van der Waals surface area (Å²) in [7, 11) is 0. The highest BCUT2D eigenvalue weighted by Crippen LogP contribution is 2.44. The molecule has 1 aromatic heterocycles. The minimum atomic E-state index is -0.634. The first-order chi connectivity index (χ1) is 11.9. The molecule has 0 saturated carbocycles. The predicted octanol–water partition coefficient (Wildman–Crippen LogP) is 3.59. The largest absolute Gasteiger partial charge is 0.324 e. The smallest absolute Gasteiger partial charge is 0.299 e. The number of carbonyl (C=O) groups is 2. The Morgan fingerprint density at radius 3 is 2.72 bits per heavy atom. The molecule has 128 valence electrons. The molecule has 1 aromatic carbocycles. The van der Waals surface area contributed by atoms with E-state index in [9.17, 15) is 9.59 Å². The zero-order valence-electron chi connectivity index (χ0n) is 13.9. The van der Waals surface area contributed by atoms with Crippen molar-refractivity contribution in [2.24, 2.45) is 5.10 Å². The van der Waals surface area contributed by atoms with Crippen molar-refractivity contribution >= 4 is 45.6 Å². The SMILES string of the molecule is CC1SC(=O)NN=C1c1cc(-c2cscn2)c2c(c1)C(C)(C)C(=O)N2. The minimum Gasteiger partial charge on any atom is -0.324 e. The Labute approximate surface area is 153 Å². The van der Waals surface area contributed by atoms with E-state index >= 15 is 0 Å². The van der Waals surface area contributed by atoms with Gasteiger partial charge < -0.3 is 5.32 Å². The number of nitrogens with zero attached hydrogens (tertiary/aromatic N) is 2. The number of aromatic nitrogens is 1. The van der Waals surface area contributed by atoms with Gasteiger partial charge in [-0.25, -0.2) is 10.4 Å². The topological polar surface area (TPSA) is 83.5 Å². The van der Waals surface area contributed by atoms with E-state index in [4.69, 9.17) is 0 Å². The van der Waals surface area contributed by atoms with Gasteiger partial charge in [-0.1, -0.05) is 11.8 Å². The first-order valence-electron chi connectivity index (χ1n) is 7.81. The van der Waals surface area contributed by atoms with E-state index in [0.29, 0.717) is 0 Å². The Bertz CT molecular complexity index is 919. The van der Waals surface area contributed by atoms with Crippen molar-refractivity contribution in [1.82, 2.24) is 10.4 Å². The number of amides is 2. The molecule has 6 nitrogen and oxygen atoms in total. The number of carbonyl (C=O) groups excluding carboxylic acids is 2. The lowest BCUT2D eigenvalue weighted by Gasteiger charge is -2.21. The normalized spacial score (nSPS) is 21.4. The summed E-state index contributed by atoms with van der Waals surface area (Å²) in [5.74, 6) is -0.0301. The molecule has 2 aromatic rings. The van der Waals surface area contributed by atoms with E-state index in [1.165, 1.54) is 23.1 Å². The van der Waals surface area contributed by atoms with Gasteiger partial charge in [0.2, 0.25) is 5.91 Å². The molecule has 1 unspecified atom stereocenters. The van der Waals surface area contributed by atoms with Crippen LogP contribution in [0.2, 0.25) is 0 Å². The number of benzene rings is 1. The Morgan fingerprint density at radius 1 is 1.24 bits per heavy atom. The zero-order valence-corrected chi connectivity index (χ0v) is 15.5. The van der Waals surface area contributed by atoms with Crippen molar-refractivity contribution in [3.05, 3.63) is 34.2 Å². The Morgan fingerprint density at radius 2 is 2.04 bits per heavy atom. The van der Waals surface area contributed by atoms with Crippen LogP contribution in [0, 0.1) is 0 Å². The van der Waals surface area contributed by atoms with E-state index in [0.717, 1.165) is 33.8 Å². The average molecular weight is 372 g/mol. The van der Waals surface area contributed by atoms with Crippen LogP contribution < -0.4 is 10.7 Å². The van der Waals surface area contributed by atoms with Crippen molar-refractivity contribution in [3.63, 3.8) is 0 Å². The molecular formula is C17H16N4O2S2. The summed E-state index contributed by atoms with van der Waals surface area (Å²) in [5.41, 5.74) is 8.79. The van der Waals surface area contributed by atoms with Gasteiger partial charge in [0.1, 0.15) is 0 Å². The molecule has 3 heterocycles. The Balaban J connectivity index is 1.94. The number of thioether (sulfide) groups is 1. The summed E-state index contributed by atoms with van der Waals surface area (Å²) in [5, 5.41) is 8.99. The van der Waals surface area contributed by atoms with E-state index in [1.807, 2.05) is 38.3 Å². The molecule has 1 atom stereocenters. The lowest BCUT2D eigenvalue weighted by Crippen LogP contribution is -2.30. The molecule has 2 aliphatic heterocycles. The number of thiazole rings is 1. The van der Waals surface area contributed by atoms with E-state index in [2.05, 4.69) is 20.8 Å². The van der Waals surface area contributed by atoms with Crippen molar-refractivity contribution in [2.45, 2.75) is 31.4 Å². The second kappa shape index (κ2) is 5.67. The first kappa shape index (κ1) is 16.3. The minimum absolute atomic E-state index is 0.0301. The lowest BCUT2D eigenvalue weighted by molar-refractivity contribution is -0.119. The maximum absolute atomic E-state index is 12.4. The second-order valence-electron chi connectivity index (χ2n) is 6.56. The van der Waals surface area contributed by atoms with Crippen molar-refractivity contribution in [3.8, 4) is 11.3 Å². The quantitative estimate of drug-likeness (QED) is 0.844. The molecule has 2 N–H and O–H groups in total. The Hall–Kier alpha value is -2.19. The molecular weight excluding hydrogens is 356 g/mol. The van der Waals surface area contributed by atoms with Crippen LogP contribution in [0.5, 0.6) is 0 Å². The molecule has 0 radical (unpaired) electrons. The predicted molar refractivity (Wildman–Crippen MR) is 101 cm³/mol. The van der Waals surface area contributed by atoms with Crippen LogP contribution in [0.15, 0.2) is 28.1 Å². The van der Waals surface area contributed by atoms with Gasteiger partial charge in [0.25, 0.3) is 5.24 Å². The van der Waals surface area contributed by atoms with Crippen LogP contribution in [-0.2, 0) is 10.2 Å². The number of hydrogen-bond acceptors (Lipinski definition) is 6. The summed E-state index contributed by atoms with van der Waals surface area (Å²) in [4.78, 5) is 28.4. The van der Waals surface area contributed by atoms with Gasteiger partial charge in [0.05, 0.1) is 33.3 Å². The summed E-state index contributed by atoms with van der Waals surface area (Å²) in [6.07, 6.45) is 0. The fourth-order valence-electron chi connectivity index (χ4n) is 3.10. The van der Waals surface area contributed by atoms with Crippen LogP contribution in [0.4, 0.5) is 10.5 Å². The number of nitrogens with one attached hydrogen (secondary N) is 2. The zero-order chi connectivity index (χ0) is 17.8. The number of anilines is 1. The summed E-state index contributed by atoms with van der Waals surface area (Å²) in [6, 6.07) is 3.99. The number of rotatable bonds is 2. The van der Waals surface area contributed by atoms with Gasteiger partial charge in [-0.05, 0) is 38.5 Å². The molecule has 4 rings (SSSR count). The Kier molecular flexibility index (Phi) is 3.69. The van der Waals surface area contributed by atoms with Crippen molar-refractivity contribution in [2.75, 3.05) is 5.32 Å². The number of hydrazone groups is 1. The van der Waals surface area contributed by atoms with Crippen LogP contribution in [0.1, 0.15) is 31.9 Å². The standard InChI is InChI=1S/C17H16N4O2S2/c1-8-13(20-21-16(23)25-8)9-4-10(12-6-24-7-18-12)14-11(5-9)17(2,3)15(22)19-14/h4-8H,1-3H3,(H,19,22)(H,21,23). The second-order valence-corrected chi connectivity index (χ2v) is 8.59. The van der Waals surface area contributed by atoms with Crippen molar-refractivity contribution in [1.29, 1.82) is 0 Å². The van der Waals surface area contributed by atoms with Crippen LogP contribution in [0.3, 0.4) is 0 Å². The molecule has 0 spiro atoms. The fourth-order valence-corrected chi connectivity index (χ4v) is 4.37. The third kappa shape index (κ3) is 2.56. The summed E-state index contributed by atoms with van der Waals surface area (Å²) in [6.45, 7) is 5.77. The maximum Gasteiger partial charge on any atom is 0.299 e. The molecule has 25 heavy (non-hydrogen) atoms. The van der Waals surface area contributed by atoms with E-state index in [1.54, 1.807) is 5.51 Å². The first-order valence-corrected chi connectivity index (χ1v) is 9.63. The van der Waals surface area contributed by atoms with Gasteiger partial charge >= 0.3 is 0 Å². The summed E-state index contributed by atoms with van der Waals surface area (Å²) >= 11 is 2.71. The van der Waals surface area contributed by atoms with Crippen molar-refractivity contribution < 1.29 is 9.59 Å². The maximum atomic E-state index is 12.4. The highest BCUT2D eigenvalue weighted by atomic mass is 32.2. The molecule has 2 amide bonds. The third-order valence-electron chi connectivity index (χ3n) is 4.56. The highest BCUT2D eigenvalue weighted by molar-refractivity contribution is 8.14. The molecule has 0 saturated heterocycles. The highest BCUT2D eigenvalue weighted by Gasteiger charge is 2.40. The summed E-state index contributed by atoms with van der Waals surface area (Å²) < 4.78 is 0. The fraction of sp³-hybridized carbons (Fsp3) is 0.294. The van der Waals surface area contributed by atoms with E-state index < -0.39 is 5.41 Å². The van der Waals surface area contributed by atoms with Gasteiger partial charge in [0, 0.05) is 16.5 Å². The monoisotopic (exact) mass is 372 g/mol. The molecule has 0 bridgehead atoms. The van der Waals surface area contributed by atoms with Crippen LogP contribution in [0.25, 0.3) is 11.3 Å². The van der Waals surface area contributed by atoms with Crippen LogP contribution in [-0.4, -0.2) is 27.1 Å². The third-order valence-corrected chi connectivity index (χ3v) is 6.03. The molecule has 0 aliphatic carbocycles. The van der Waals surface area contributed by atoms with Gasteiger partial charge in [-0.15, -0.1) is 11.3 Å². The van der Waals surface area contributed by atoms with Gasteiger partial charge in [0.15, 0.2) is 0 Å². The lowest BCUT2D eigenvalue weighted by atomic mass is 9.83. The molecule has 2 aliphatic rings. The average Bonchev–Trinajstić information content (AvgIpc) is 3.15. The number of fused-ring (bicyclic) bond motifs is 1. The van der Waals surface area contributed by atoms with Crippen LogP contribution >= 0.6 is 23.1 Å². The van der Waals surface area contributed by atoms with Gasteiger partial charge in [-0.3, -0.25) is 9.59 Å². The number of hydrogen-bond donors (Lipinski definition) is 2. The molecule has 8 heteroatoms. The van der Waals surface area contributed by atoms with E-state index in [-0.39, 0.29) is 16.4 Å². The van der Waals surface area contributed by atoms with Gasteiger partial charge in [-0.2, -0.15) is 5.10 Å².